The number of aromatic nitrogens is 2. The van der Waals surface area contributed by atoms with Gasteiger partial charge in [0.15, 0.2) is 0 Å². The van der Waals surface area contributed by atoms with Crippen LogP contribution in [0.5, 0.6) is 0 Å². The molecule has 8 nitrogen and oxygen atoms in total. The zero-order chi connectivity index (χ0) is 26.6. The summed E-state index contributed by atoms with van der Waals surface area (Å²) in [6, 6.07) is 20.6. The predicted molar refractivity (Wildman–Crippen MR) is 144 cm³/mol. The summed E-state index contributed by atoms with van der Waals surface area (Å²) in [5.41, 5.74) is 1.93. The number of H-pyrrole nitrogens is 1. The van der Waals surface area contributed by atoms with Crippen molar-refractivity contribution in [1.82, 2.24) is 14.3 Å². The molecule has 1 heterocycles. The number of anilines is 1. The molecule has 0 aliphatic rings. The molecule has 37 heavy (non-hydrogen) atoms. The number of aromatic amines is 1. The number of sulfonamides is 1. The minimum Gasteiger partial charge on any atom is -0.325 e. The lowest BCUT2D eigenvalue weighted by atomic mass is 10.2. The van der Waals surface area contributed by atoms with Crippen molar-refractivity contribution in [3.63, 3.8) is 0 Å². The zero-order valence-electron chi connectivity index (χ0n) is 19.6. The van der Waals surface area contributed by atoms with Gasteiger partial charge in [0.2, 0.25) is 15.9 Å². The SMILES string of the molecule is Cc1cc(=O)[nH]c(-c2cccc(NC(=O)CN(Cc3ccc(Cl)cc3)S(=O)(=O)c3ccc(Cl)cc3)c2)n1. The van der Waals surface area contributed by atoms with Gasteiger partial charge in [-0.15, -0.1) is 0 Å². The van der Waals surface area contributed by atoms with Gasteiger partial charge in [-0.3, -0.25) is 9.59 Å². The molecule has 0 unspecified atom stereocenters. The molecule has 0 saturated heterocycles. The monoisotopic (exact) mass is 556 g/mol. The summed E-state index contributed by atoms with van der Waals surface area (Å²) in [4.78, 5) is 31.8. The second kappa shape index (κ2) is 11.3. The average Bonchev–Trinajstić information content (AvgIpc) is 2.85. The van der Waals surface area contributed by atoms with Gasteiger partial charge in [-0.25, -0.2) is 13.4 Å². The lowest BCUT2D eigenvalue weighted by Crippen LogP contribution is -2.37. The molecule has 4 rings (SSSR count). The number of hydrogen-bond acceptors (Lipinski definition) is 5. The Morgan fingerprint density at radius 1 is 0.973 bits per heavy atom. The van der Waals surface area contributed by atoms with Gasteiger partial charge in [0.05, 0.1) is 11.4 Å². The second-order valence-electron chi connectivity index (χ2n) is 8.22. The summed E-state index contributed by atoms with van der Waals surface area (Å²) < 4.78 is 28.0. The summed E-state index contributed by atoms with van der Waals surface area (Å²) in [7, 11) is -4.04. The van der Waals surface area contributed by atoms with Crippen LogP contribution in [0.1, 0.15) is 11.3 Å². The summed E-state index contributed by atoms with van der Waals surface area (Å²) in [6.45, 7) is 1.21. The van der Waals surface area contributed by atoms with Gasteiger partial charge < -0.3 is 10.3 Å². The van der Waals surface area contributed by atoms with E-state index in [1.54, 1.807) is 55.5 Å². The number of benzene rings is 3. The van der Waals surface area contributed by atoms with E-state index < -0.39 is 22.5 Å². The van der Waals surface area contributed by atoms with Crippen molar-refractivity contribution in [2.24, 2.45) is 0 Å². The van der Waals surface area contributed by atoms with Crippen LogP contribution in [-0.2, 0) is 21.4 Å². The first-order valence-corrected chi connectivity index (χ1v) is 13.3. The average molecular weight is 557 g/mol. The van der Waals surface area contributed by atoms with E-state index in [2.05, 4.69) is 15.3 Å². The summed E-state index contributed by atoms with van der Waals surface area (Å²) in [6.07, 6.45) is 0. The highest BCUT2D eigenvalue weighted by molar-refractivity contribution is 7.89. The van der Waals surface area contributed by atoms with Crippen molar-refractivity contribution in [2.45, 2.75) is 18.4 Å². The van der Waals surface area contributed by atoms with Gasteiger partial charge in [-0.2, -0.15) is 4.31 Å². The quantitative estimate of drug-likeness (QED) is 0.321. The van der Waals surface area contributed by atoms with Crippen LogP contribution in [0.15, 0.2) is 88.6 Å². The molecule has 11 heteroatoms. The van der Waals surface area contributed by atoms with Crippen molar-refractivity contribution in [2.75, 3.05) is 11.9 Å². The summed E-state index contributed by atoms with van der Waals surface area (Å²) in [5.74, 6) is -0.190. The third-order valence-electron chi connectivity index (χ3n) is 5.33. The minimum atomic E-state index is -4.04. The van der Waals surface area contributed by atoms with Gasteiger partial charge >= 0.3 is 0 Å². The first-order valence-electron chi connectivity index (χ1n) is 11.1. The first kappa shape index (κ1) is 26.6. The smallest absolute Gasteiger partial charge is 0.251 e. The topological polar surface area (TPSA) is 112 Å². The van der Waals surface area contributed by atoms with E-state index >= 15 is 0 Å². The predicted octanol–water partition coefficient (Wildman–Crippen LogP) is 4.88. The van der Waals surface area contributed by atoms with Crippen molar-refractivity contribution < 1.29 is 13.2 Å². The molecule has 190 valence electrons. The van der Waals surface area contributed by atoms with Crippen LogP contribution in [0.3, 0.4) is 0 Å². The Balaban J connectivity index is 1.58. The number of amides is 1. The Hall–Kier alpha value is -3.50. The standard InChI is InChI=1S/C26H22Cl2N4O4S/c1-17-13-24(33)31-26(29-17)19-3-2-4-22(14-19)30-25(34)16-32(15-18-5-7-20(27)8-6-18)37(35,36)23-11-9-21(28)10-12-23/h2-14H,15-16H2,1H3,(H,30,34)(H,29,31,33). The van der Waals surface area contributed by atoms with Crippen LogP contribution in [0.2, 0.25) is 10.0 Å². The van der Waals surface area contributed by atoms with Gasteiger partial charge in [0, 0.05) is 39.6 Å². The van der Waals surface area contributed by atoms with Crippen LogP contribution in [-0.4, -0.2) is 35.1 Å². The molecule has 0 spiro atoms. The Labute approximate surface area is 224 Å². The van der Waals surface area contributed by atoms with Crippen LogP contribution in [0.4, 0.5) is 5.69 Å². The van der Waals surface area contributed by atoms with E-state index in [1.807, 2.05) is 0 Å². The van der Waals surface area contributed by atoms with Gasteiger partial charge in [0.1, 0.15) is 5.82 Å². The van der Waals surface area contributed by atoms with Gasteiger partial charge in [0.25, 0.3) is 5.56 Å². The fourth-order valence-electron chi connectivity index (χ4n) is 3.60. The Morgan fingerprint density at radius 3 is 2.27 bits per heavy atom. The number of carbonyl (C=O) groups excluding carboxylic acids is 1. The van der Waals surface area contributed by atoms with Gasteiger partial charge in [-0.1, -0.05) is 47.5 Å². The summed E-state index contributed by atoms with van der Waals surface area (Å²) in [5, 5.41) is 3.64. The number of rotatable bonds is 8. The molecule has 0 saturated carbocycles. The number of nitrogens with zero attached hydrogens (tertiary/aromatic N) is 2. The van der Waals surface area contributed by atoms with Crippen LogP contribution in [0, 0.1) is 6.92 Å². The third-order valence-corrected chi connectivity index (χ3v) is 7.64. The van der Waals surface area contributed by atoms with E-state index in [-0.39, 0.29) is 17.0 Å². The number of carbonyl (C=O) groups is 1. The molecule has 2 N–H and O–H groups in total. The van der Waals surface area contributed by atoms with Crippen LogP contribution >= 0.6 is 23.2 Å². The maximum Gasteiger partial charge on any atom is 0.251 e. The van der Waals surface area contributed by atoms with Crippen LogP contribution < -0.4 is 10.9 Å². The fraction of sp³-hybridized carbons (Fsp3) is 0.115. The molecule has 0 radical (unpaired) electrons. The van der Waals surface area contributed by atoms with E-state index in [0.29, 0.717) is 38.4 Å². The highest BCUT2D eigenvalue weighted by atomic mass is 35.5. The molecule has 1 amide bonds. The van der Waals surface area contributed by atoms with Crippen molar-refractivity contribution in [3.8, 4) is 11.4 Å². The largest absolute Gasteiger partial charge is 0.325 e. The highest BCUT2D eigenvalue weighted by Crippen LogP contribution is 2.23. The minimum absolute atomic E-state index is 0.00939. The fourth-order valence-corrected chi connectivity index (χ4v) is 5.23. The number of nitrogens with one attached hydrogen (secondary N) is 2. The molecular weight excluding hydrogens is 535 g/mol. The maximum atomic E-state index is 13.4. The second-order valence-corrected chi connectivity index (χ2v) is 11.0. The molecule has 0 aliphatic carbocycles. The molecule has 0 atom stereocenters. The molecule has 0 aliphatic heterocycles. The molecule has 1 aromatic heterocycles. The third kappa shape index (κ3) is 6.84. The molecular formula is C26H22Cl2N4O4S. The zero-order valence-corrected chi connectivity index (χ0v) is 21.9. The molecule has 0 bridgehead atoms. The van der Waals surface area contributed by atoms with Gasteiger partial charge in [-0.05, 0) is 61.0 Å². The maximum absolute atomic E-state index is 13.4. The van der Waals surface area contributed by atoms with E-state index in [0.717, 1.165) is 4.31 Å². The van der Waals surface area contributed by atoms with E-state index in [9.17, 15) is 18.0 Å². The number of hydrogen-bond donors (Lipinski definition) is 2. The highest BCUT2D eigenvalue weighted by Gasteiger charge is 2.27. The van der Waals surface area contributed by atoms with E-state index in [1.165, 1.54) is 30.3 Å². The van der Waals surface area contributed by atoms with Crippen molar-refractivity contribution in [1.29, 1.82) is 0 Å². The molecule has 0 fully saturated rings. The van der Waals surface area contributed by atoms with E-state index in [4.69, 9.17) is 23.2 Å². The van der Waals surface area contributed by atoms with Crippen molar-refractivity contribution in [3.05, 3.63) is 111 Å². The lowest BCUT2D eigenvalue weighted by molar-refractivity contribution is -0.116. The normalized spacial score (nSPS) is 11.5. The Kier molecular flexibility index (Phi) is 8.09. The first-order chi connectivity index (χ1) is 17.6. The van der Waals surface area contributed by atoms with Crippen molar-refractivity contribution >= 4 is 44.8 Å². The molecule has 4 aromatic rings. The summed E-state index contributed by atoms with van der Waals surface area (Å²) >= 11 is 11.9. The molecule has 3 aromatic carbocycles. The Morgan fingerprint density at radius 2 is 1.62 bits per heavy atom. The van der Waals surface area contributed by atoms with Crippen LogP contribution in [0.25, 0.3) is 11.4 Å². The lowest BCUT2D eigenvalue weighted by Gasteiger charge is -2.22. The number of halogens is 2. The number of aryl methyl sites for hydroxylation is 1. The Bertz CT molecular complexity index is 1590.